The Morgan fingerprint density at radius 2 is 0.348 bits per heavy atom. The van der Waals surface area contributed by atoms with Crippen molar-refractivity contribution in [2.45, 2.75) is 0 Å². The monoisotopic (exact) mass is 430 g/mol. The van der Waals surface area contributed by atoms with Gasteiger partial charge in [0.25, 0.3) is 0 Å². The molecule has 0 heterocycles. The quantitative estimate of drug-likeness (QED) is 0.201. The third kappa shape index (κ3) is 12900. The Morgan fingerprint density at radius 1 is 0.348 bits per heavy atom. The summed E-state index contributed by atoms with van der Waals surface area (Å²) in [6, 6.07) is 0. The second-order valence-corrected chi connectivity index (χ2v) is 2.45. The summed E-state index contributed by atoms with van der Waals surface area (Å²) in [5.74, 6) is 0. The fourth-order valence-electron chi connectivity index (χ4n) is 0. The maximum atomic E-state index is 8.52. The highest BCUT2D eigenvalue weighted by atomic mass is 32.3. The van der Waals surface area contributed by atoms with E-state index < -0.39 is 20.8 Å². The minimum absolute atomic E-state index is 0. The summed E-state index contributed by atoms with van der Waals surface area (Å²) in [4.78, 5) is 0. The van der Waals surface area contributed by atoms with E-state index >= 15 is 0 Å². The Labute approximate surface area is 128 Å². The fraction of sp³-hybridized carbons (Fsp3) is 0. The third-order valence-corrected chi connectivity index (χ3v) is 0. The molecule has 0 radical (unpaired) electrons. The van der Waals surface area contributed by atoms with Crippen molar-refractivity contribution in [1.82, 2.24) is 0 Å². The van der Waals surface area contributed by atoms with Crippen LogP contribution in [0.2, 0.25) is 0 Å². The van der Waals surface area contributed by atoms with Crippen LogP contribution in [0.1, 0.15) is 0 Å². The highest BCUT2D eigenvalue weighted by Crippen LogP contribution is 1.58. The zero-order chi connectivity index (χ0) is 9.00. The molecule has 0 fully saturated rings. The second-order valence-electron chi connectivity index (χ2n) is 0.816. The van der Waals surface area contributed by atoms with Crippen LogP contribution in [-0.4, -0.2) is 84.3 Å². The van der Waals surface area contributed by atoms with E-state index in [1.54, 1.807) is 0 Å². The van der Waals surface area contributed by atoms with Crippen LogP contribution in [0.5, 0.6) is 0 Å². The van der Waals surface area contributed by atoms with Crippen LogP contribution in [0.4, 0.5) is 0 Å². The summed E-state index contributed by atoms with van der Waals surface area (Å²) >= 11 is 0. The average molecular weight is 430 g/mol. The van der Waals surface area contributed by atoms with Gasteiger partial charge in [0.15, 0.2) is 0 Å². The van der Waals surface area contributed by atoms with Gasteiger partial charge < -0.3 is 89.4 Å². The number of hydrogen-bond acceptors (Lipinski definition) is 8. The molecule has 0 saturated heterocycles. The van der Waals surface area contributed by atoms with Crippen LogP contribution in [0.25, 0.3) is 0 Å². The standard InChI is InChI=1S/2H2O4S.13H2O/c2*1-5(2,3)4;;;;;;;;;;;;;/h2*(H2,1,2,3,4);13*1H2. The van der Waals surface area contributed by atoms with Crippen molar-refractivity contribution in [1.29, 1.82) is 0 Å². The molecule has 0 rings (SSSR count). The van der Waals surface area contributed by atoms with Crippen molar-refractivity contribution in [3.63, 3.8) is 0 Å². The molecule has 23 heavy (non-hydrogen) atoms. The maximum absolute atomic E-state index is 8.52. The molecule has 0 bridgehead atoms. The van der Waals surface area contributed by atoms with Crippen LogP contribution in [0.15, 0.2) is 0 Å². The van der Waals surface area contributed by atoms with E-state index in [1.165, 1.54) is 0 Å². The molecule has 168 valence electrons. The lowest BCUT2D eigenvalue weighted by atomic mass is 15.8. The van der Waals surface area contributed by atoms with E-state index in [2.05, 4.69) is 0 Å². The molecule has 0 amide bonds. The third-order valence-electron chi connectivity index (χ3n) is 0. The molecule has 0 aromatic heterocycles. The Hall–Kier alpha value is -0.780. The first kappa shape index (κ1) is 192. The van der Waals surface area contributed by atoms with E-state index in [-0.39, 0.29) is 71.2 Å². The van der Waals surface area contributed by atoms with E-state index in [4.69, 9.17) is 35.0 Å². The van der Waals surface area contributed by atoms with E-state index in [0.29, 0.717) is 0 Å². The smallest absolute Gasteiger partial charge is 0.0311 e. The molecule has 0 aliphatic rings. The molecule has 0 unspecified atom stereocenters. The first-order valence-corrected chi connectivity index (χ1v) is 4.00. The summed E-state index contributed by atoms with van der Waals surface area (Å²) in [6.45, 7) is 0. The van der Waals surface area contributed by atoms with Gasteiger partial charge in [0, 0.05) is 20.8 Å². The zero-order valence-corrected chi connectivity index (χ0v) is 12.5. The number of rotatable bonds is 0. The normalized spacial score (nSPS) is 5.04. The van der Waals surface area contributed by atoms with E-state index in [0.717, 1.165) is 0 Å². The SMILES string of the molecule is O.O.O.O.O.O.O.O.O.O=S(=O)([O-])[O-].O=S(=O)([O-])[O-].[OH3+].[OH3+].[OH3+].[OH3+]. The van der Waals surface area contributed by atoms with Crippen LogP contribution < -0.4 is 0 Å². The van der Waals surface area contributed by atoms with Gasteiger partial charge in [0.05, 0.1) is 0 Å². The van der Waals surface area contributed by atoms with E-state index in [1.807, 2.05) is 0 Å². The highest BCUT2D eigenvalue weighted by molar-refractivity contribution is 7.79. The molecule has 30 N–H and O–H groups in total. The van der Waals surface area contributed by atoms with Crippen molar-refractivity contribution in [3.05, 3.63) is 0 Å². The summed E-state index contributed by atoms with van der Waals surface area (Å²) in [7, 11) is -10.3. The predicted molar refractivity (Wildman–Crippen MR) is 73.0 cm³/mol. The summed E-state index contributed by atoms with van der Waals surface area (Å²) < 4.78 is 68.2. The molecule has 0 aromatic rings. The van der Waals surface area contributed by atoms with Gasteiger partial charge in [-0.1, -0.05) is 0 Å². The minimum atomic E-state index is -5.17. The lowest BCUT2D eigenvalue weighted by Crippen LogP contribution is -1.91. The fourth-order valence-corrected chi connectivity index (χ4v) is 0. The zero-order valence-electron chi connectivity index (χ0n) is 10.9. The molecule has 0 saturated carbocycles. The second kappa shape index (κ2) is 68.9. The van der Waals surface area contributed by atoms with Gasteiger partial charge in [-0.15, -0.1) is 0 Å². The first-order chi connectivity index (χ1) is 4.00. The Kier molecular flexibility index (Phi) is 575. The predicted octanol–water partition coefficient (Wildman–Crippen LogP) is -13.8. The van der Waals surface area contributed by atoms with Crippen molar-refractivity contribution < 1.29 is 106 Å². The molecule has 0 spiro atoms. The van der Waals surface area contributed by atoms with Gasteiger partial charge in [-0.3, -0.25) is 16.8 Å². The molecular formula is H30O21S2. The number of hydrogen-bond donors (Lipinski definition) is 0. The topological polar surface area (TPSA) is 576 Å². The molecule has 0 aliphatic heterocycles. The summed E-state index contributed by atoms with van der Waals surface area (Å²) in [5.41, 5.74) is 0. The lowest BCUT2D eigenvalue weighted by Gasteiger charge is -2.06. The first-order valence-electron chi connectivity index (χ1n) is 1.33. The van der Waals surface area contributed by atoms with E-state index in [9.17, 15) is 0 Å². The average Bonchev–Trinajstić information content (AvgIpc) is 1.12. The molecule has 21 nitrogen and oxygen atoms in total. The Bertz CT molecular complexity index is 206. The van der Waals surface area contributed by atoms with Crippen molar-refractivity contribution in [2.24, 2.45) is 0 Å². The molecule has 0 aliphatic carbocycles. The van der Waals surface area contributed by atoms with Crippen molar-refractivity contribution in [2.75, 3.05) is 0 Å². The van der Waals surface area contributed by atoms with Crippen LogP contribution in [-0.2, 0) is 42.7 Å². The van der Waals surface area contributed by atoms with Gasteiger partial charge in [-0.2, -0.15) is 0 Å². The van der Waals surface area contributed by atoms with Gasteiger partial charge in [-0.25, -0.2) is 0 Å². The Morgan fingerprint density at radius 3 is 0.348 bits per heavy atom. The van der Waals surface area contributed by atoms with Crippen LogP contribution in [0.3, 0.4) is 0 Å². The van der Waals surface area contributed by atoms with Crippen molar-refractivity contribution in [3.8, 4) is 0 Å². The van der Waals surface area contributed by atoms with Gasteiger partial charge >= 0.3 is 0 Å². The van der Waals surface area contributed by atoms with Gasteiger partial charge in [-0.05, 0) is 0 Å². The summed E-state index contributed by atoms with van der Waals surface area (Å²) in [5, 5.41) is 0. The van der Waals surface area contributed by atoms with Gasteiger partial charge in [0.1, 0.15) is 0 Å². The Balaban J connectivity index is -0.00000000274. The molecular weight excluding hydrogens is 400 g/mol. The molecule has 0 aromatic carbocycles. The van der Waals surface area contributed by atoms with Crippen LogP contribution in [0, 0.1) is 0 Å². The molecule has 23 heteroatoms. The minimum Gasteiger partial charge on any atom is -0.759 e. The largest absolute Gasteiger partial charge is 0.759 e. The van der Waals surface area contributed by atoms with Gasteiger partial charge in [0.2, 0.25) is 0 Å². The highest BCUT2D eigenvalue weighted by Gasteiger charge is 1.50. The van der Waals surface area contributed by atoms with Crippen LogP contribution >= 0.6 is 0 Å². The molecule has 0 atom stereocenters. The van der Waals surface area contributed by atoms with Crippen molar-refractivity contribution >= 4 is 20.8 Å². The maximum Gasteiger partial charge on any atom is 0.0311 e. The summed E-state index contributed by atoms with van der Waals surface area (Å²) in [6.07, 6.45) is 0. The lowest BCUT2D eigenvalue weighted by molar-refractivity contribution is 0.350.